The van der Waals surface area contributed by atoms with Crippen molar-refractivity contribution >= 4 is 0 Å². The number of hydrogen-bond donors (Lipinski definition) is 0. The molecule has 0 aromatic carbocycles. The summed E-state index contributed by atoms with van der Waals surface area (Å²) >= 11 is 0. The van der Waals surface area contributed by atoms with Crippen LogP contribution < -0.4 is 113 Å². The van der Waals surface area contributed by atoms with Crippen LogP contribution in [0.3, 0.4) is 0 Å². The SMILES string of the molecule is CCCC([O-])C[O-].[K+].[K+]. The van der Waals surface area contributed by atoms with Crippen molar-refractivity contribution in [3.8, 4) is 0 Å². The van der Waals surface area contributed by atoms with Gasteiger partial charge in [0.1, 0.15) is 0 Å². The molecule has 0 aliphatic rings. The molecule has 9 heavy (non-hydrogen) atoms. The molecule has 0 bridgehead atoms. The van der Waals surface area contributed by atoms with Gasteiger partial charge >= 0.3 is 103 Å². The zero-order valence-corrected chi connectivity index (χ0v) is 12.8. The number of rotatable bonds is 3. The van der Waals surface area contributed by atoms with Crippen LogP contribution in [-0.2, 0) is 0 Å². The first-order valence-electron chi connectivity index (χ1n) is 2.55. The molecule has 0 amide bonds. The molecule has 0 radical (unpaired) electrons. The molecular weight excluding hydrogens is 170 g/mol. The van der Waals surface area contributed by atoms with Gasteiger partial charge in [-0.25, -0.2) is 0 Å². The molecule has 1 unspecified atom stereocenters. The molecule has 0 fully saturated rings. The van der Waals surface area contributed by atoms with E-state index in [1.165, 1.54) is 0 Å². The van der Waals surface area contributed by atoms with Crippen molar-refractivity contribution in [2.24, 2.45) is 0 Å². The Morgan fingerprint density at radius 3 is 1.89 bits per heavy atom. The maximum absolute atomic E-state index is 10.2. The summed E-state index contributed by atoms with van der Waals surface area (Å²) in [6, 6.07) is 0. The monoisotopic (exact) mass is 180 g/mol. The summed E-state index contributed by atoms with van der Waals surface area (Å²) in [4.78, 5) is 0. The van der Waals surface area contributed by atoms with E-state index in [0.717, 1.165) is 6.42 Å². The smallest absolute Gasteiger partial charge is 0.855 e. The second-order valence-electron chi connectivity index (χ2n) is 1.58. The van der Waals surface area contributed by atoms with Crippen molar-refractivity contribution in [2.75, 3.05) is 6.61 Å². The molecule has 4 heteroatoms. The molecule has 0 aliphatic carbocycles. The van der Waals surface area contributed by atoms with Gasteiger partial charge < -0.3 is 10.2 Å². The Bertz CT molecular complexity index is 43.9. The standard InChI is InChI=1S/C5H10O2.2K/c1-2-3-5(7)4-6;;/h5H,2-4H2,1H3;;/q-2;2*+1. The van der Waals surface area contributed by atoms with E-state index in [9.17, 15) is 10.2 Å². The molecule has 0 rings (SSSR count). The second kappa shape index (κ2) is 13.8. The van der Waals surface area contributed by atoms with E-state index in [0.29, 0.717) is 6.42 Å². The molecule has 0 saturated heterocycles. The predicted octanol–water partition coefficient (Wildman–Crippen LogP) is -7.12. The van der Waals surface area contributed by atoms with Crippen LogP contribution in [0.25, 0.3) is 0 Å². The first-order chi connectivity index (χ1) is 3.31. The van der Waals surface area contributed by atoms with Crippen LogP contribution in [0, 0.1) is 0 Å². The molecule has 0 aromatic rings. The van der Waals surface area contributed by atoms with Crippen LogP contribution in [-0.4, -0.2) is 12.7 Å². The molecule has 0 N–H and O–H groups in total. The minimum Gasteiger partial charge on any atom is -0.855 e. The normalized spacial score (nSPS) is 11.0. The van der Waals surface area contributed by atoms with E-state index in [1.807, 2.05) is 6.92 Å². The van der Waals surface area contributed by atoms with Gasteiger partial charge in [0.15, 0.2) is 0 Å². The Balaban J connectivity index is -0.000000180. The van der Waals surface area contributed by atoms with Gasteiger partial charge in [-0.1, -0.05) is 19.8 Å². The van der Waals surface area contributed by atoms with E-state index < -0.39 is 12.7 Å². The summed E-state index contributed by atoms with van der Waals surface area (Å²) in [5.74, 6) is 0. The van der Waals surface area contributed by atoms with Crippen LogP contribution >= 0.6 is 0 Å². The van der Waals surface area contributed by atoms with E-state index in [2.05, 4.69) is 0 Å². The third-order valence-electron chi connectivity index (χ3n) is 0.797. The second-order valence-corrected chi connectivity index (χ2v) is 1.58. The van der Waals surface area contributed by atoms with Gasteiger partial charge in [0.05, 0.1) is 0 Å². The largest absolute Gasteiger partial charge is 1.00 e. The average Bonchev–Trinajstić information content (AvgIpc) is 1.68. The Kier molecular flexibility index (Phi) is 27.6. The van der Waals surface area contributed by atoms with Crippen molar-refractivity contribution < 1.29 is 113 Å². The summed E-state index contributed by atoms with van der Waals surface area (Å²) in [7, 11) is 0. The maximum Gasteiger partial charge on any atom is 1.00 e. The van der Waals surface area contributed by atoms with Gasteiger partial charge in [-0.2, -0.15) is 6.61 Å². The van der Waals surface area contributed by atoms with E-state index in [-0.39, 0.29) is 103 Å². The zero-order chi connectivity index (χ0) is 5.70. The van der Waals surface area contributed by atoms with Crippen LogP contribution in [0.5, 0.6) is 0 Å². The quantitative estimate of drug-likeness (QED) is 0.405. The van der Waals surface area contributed by atoms with E-state index in [1.54, 1.807) is 0 Å². The van der Waals surface area contributed by atoms with E-state index in [4.69, 9.17) is 0 Å². The van der Waals surface area contributed by atoms with E-state index >= 15 is 0 Å². The third kappa shape index (κ3) is 14.1. The minimum absolute atomic E-state index is 0. The predicted molar refractivity (Wildman–Crippen MR) is 23.6 cm³/mol. The molecule has 1 atom stereocenters. The Morgan fingerprint density at radius 2 is 1.78 bits per heavy atom. The Hall–Kier alpha value is 3.19. The summed E-state index contributed by atoms with van der Waals surface area (Å²) in [6.07, 6.45) is 0.505. The molecule has 44 valence electrons. The van der Waals surface area contributed by atoms with Crippen molar-refractivity contribution in [1.82, 2.24) is 0 Å². The minimum atomic E-state index is -0.856. The average molecular weight is 180 g/mol. The van der Waals surface area contributed by atoms with Crippen molar-refractivity contribution in [2.45, 2.75) is 25.9 Å². The van der Waals surface area contributed by atoms with Gasteiger partial charge in [-0.3, -0.25) is 0 Å². The molecule has 0 spiro atoms. The molecule has 0 saturated carbocycles. The Labute approximate surface area is 142 Å². The van der Waals surface area contributed by atoms with Gasteiger partial charge in [0, 0.05) is 0 Å². The molecule has 0 aliphatic heterocycles. The zero-order valence-electron chi connectivity index (χ0n) is 6.52. The first-order valence-corrected chi connectivity index (χ1v) is 2.55. The maximum atomic E-state index is 10.2. The summed E-state index contributed by atoms with van der Waals surface area (Å²) < 4.78 is 0. The Morgan fingerprint density at radius 1 is 1.33 bits per heavy atom. The van der Waals surface area contributed by atoms with Gasteiger partial charge in [0.2, 0.25) is 0 Å². The summed E-state index contributed by atoms with van der Waals surface area (Å²) in [5.41, 5.74) is 0. The van der Waals surface area contributed by atoms with Gasteiger partial charge in [-0.05, 0) is 0 Å². The fourth-order valence-electron chi connectivity index (χ4n) is 0.405. The molecule has 2 nitrogen and oxygen atoms in total. The van der Waals surface area contributed by atoms with Gasteiger partial charge in [-0.15, -0.1) is 6.10 Å². The summed E-state index contributed by atoms with van der Waals surface area (Å²) in [5, 5.41) is 19.9. The first kappa shape index (κ1) is 18.1. The van der Waals surface area contributed by atoms with Crippen molar-refractivity contribution in [1.29, 1.82) is 0 Å². The van der Waals surface area contributed by atoms with Crippen LogP contribution in [0.2, 0.25) is 0 Å². The summed E-state index contributed by atoms with van der Waals surface area (Å²) in [6.45, 7) is 1.44. The van der Waals surface area contributed by atoms with Crippen molar-refractivity contribution in [3.63, 3.8) is 0 Å². The fourth-order valence-corrected chi connectivity index (χ4v) is 0.405. The number of hydrogen-bond acceptors (Lipinski definition) is 2. The van der Waals surface area contributed by atoms with Crippen molar-refractivity contribution in [3.05, 3.63) is 0 Å². The fraction of sp³-hybridized carbons (Fsp3) is 1.00. The van der Waals surface area contributed by atoms with Crippen LogP contribution in [0.1, 0.15) is 19.8 Å². The molecule has 0 heterocycles. The topological polar surface area (TPSA) is 46.1 Å². The molecular formula is C5H10K2O2. The molecule has 0 aromatic heterocycles. The van der Waals surface area contributed by atoms with Gasteiger partial charge in [0.25, 0.3) is 0 Å². The third-order valence-corrected chi connectivity index (χ3v) is 0.797. The van der Waals surface area contributed by atoms with Crippen LogP contribution in [0.4, 0.5) is 0 Å². The van der Waals surface area contributed by atoms with Crippen LogP contribution in [0.15, 0.2) is 0 Å².